The lowest BCUT2D eigenvalue weighted by Crippen LogP contribution is -2.34. The molecule has 1 aromatic carbocycles. The Kier molecular flexibility index (Phi) is 4.22. The van der Waals surface area contributed by atoms with E-state index in [0.717, 1.165) is 18.8 Å². The molecule has 3 unspecified atom stereocenters. The van der Waals surface area contributed by atoms with Crippen LogP contribution in [0.3, 0.4) is 0 Å². The zero-order valence-electron chi connectivity index (χ0n) is 11.3. The summed E-state index contributed by atoms with van der Waals surface area (Å²) in [5.74, 6) is 7.04. The number of hydrogen-bond acceptors (Lipinski definition) is 4. The van der Waals surface area contributed by atoms with Gasteiger partial charge in [-0.05, 0) is 43.5 Å². The van der Waals surface area contributed by atoms with E-state index in [1.165, 1.54) is 11.1 Å². The van der Waals surface area contributed by atoms with Crippen molar-refractivity contribution in [3.8, 4) is 5.75 Å². The molecule has 1 aromatic rings. The van der Waals surface area contributed by atoms with Gasteiger partial charge in [0.2, 0.25) is 0 Å². The van der Waals surface area contributed by atoms with Crippen LogP contribution in [0, 0.1) is 12.8 Å². The van der Waals surface area contributed by atoms with Crippen LogP contribution in [-0.2, 0) is 4.74 Å². The third-order valence-corrected chi connectivity index (χ3v) is 3.69. The molecule has 0 aliphatic carbocycles. The molecule has 1 heterocycles. The Labute approximate surface area is 108 Å². The van der Waals surface area contributed by atoms with E-state index in [9.17, 15) is 0 Å². The van der Waals surface area contributed by atoms with E-state index in [1.807, 2.05) is 12.1 Å². The Bertz CT molecular complexity index is 409. The van der Waals surface area contributed by atoms with E-state index in [1.54, 1.807) is 7.11 Å². The number of hydrazine groups is 1. The van der Waals surface area contributed by atoms with Crippen molar-refractivity contribution >= 4 is 0 Å². The Hall–Kier alpha value is -1.10. The lowest BCUT2D eigenvalue weighted by atomic mass is 9.89. The van der Waals surface area contributed by atoms with Gasteiger partial charge in [0.25, 0.3) is 0 Å². The third kappa shape index (κ3) is 2.66. The Morgan fingerprint density at radius 2 is 2.28 bits per heavy atom. The standard InChI is InChI=1S/C14H22N2O2/c1-9-6-12(17-3)4-5-13(9)14(16-15)11-7-10(2)18-8-11/h4-6,10-11,14,16H,7-8,15H2,1-3H3. The highest BCUT2D eigenvalue weighted by Gasteiger charge is 2.30. The van der Waals surface area contributed by atoms with Gasteiger partial charge in [-0.1, -0.05) is 6.07 Å². The average Bonchev–Trinajstić information content (AvgIpc) is 2.78. The highest BCUT2D eigenvalue weighted by atomic mass is 16.5. The molecular formula is C14H22N2O2. The fourth-order valence-electron chi connectivity index (χ4n) is 2.69. The SMILES string of the molecule is COc1ccc(C(NN)C2COC(C)C2)c(C)c1. The van der Waals surface area contributed by atoms with Crippen molar-refractivity contribution in [3.63, 3.8) is 0 Å². The molecule has 0 spiro atoms. The molecule has 0 saturated carbocycles. The van der Waals surface area contributed by atoms with E-state index >= 15 is 0 Å². The van der Waals surface area contributed by atoms with Crippen LogP contribution in [0.1, 0.15) is 30.5 Å². The lowest BCUT2D eigenvalue weighted by Gasteiger charge is -2.24. The highest BCUT2D eigenvalue weighted by Crippen LogP contribution is 2.33. The molecule has 3 atom stereocenters. The molecule has 4 heteroatoms. The fourth-order valence-corrected chi connectivity index (χ4v) is 2.69. The van der Waals surface area contributed by atoms with Crippen molar-refractivity contribution in [2.24, 2.45) is 11.8 Å². The van der Waals surface area contributed by atoms with E-state index in [2.05, 4.69) is 25.3 Å². The van der Waals surface area contributed by atoms with Crippen molar-refractivity contribution in [2.75, 3.05) is 13.7 Å². The first-order chi connectivity index (χ1) is 8.65. The van der Waals surface area contributed by atoms with Crippen LogP contribution in [0.4, 0.5) is 0 Å². The van der Waals surface area contributed by atoms with Gasteiger partial charge in [0.1, 0.15) is 5.75 Å². The van der Waals surface area contributed by atoms with Crippen molar-refractivity contribution in [1.82, 2.24) is 5.43 Å². The summed E-state index contributed by atoms with van der Waals surface area (Å²) in [7, 11) is 1.68. The van der Waals surface area contributed by atoms with Gasteiger partial charge in [-0.2, -0.15) is 0 Å². The third-order valence-electron chi connectivity index (χ3n) is 3.69. The maximum atomic E-state index is 5.73. The Morgan fingerprint density at radius 1 is 1.50 bits per heavy atom. The molecule has 1 aliphatic rings. The van der Waals surface area contributed by atoms with E-state index in [0.29, 0.717) is 12.0 Å². The van der Waals surface area contributed by atoms with Gasteiger partial charge in [-0.15, -0.1) is 0 Å². The molecule has 0 amide bonds. The zero-order valence-corrected chi connectivity index (χ0v) is 11.3. The normalized spacial score (nSPS) is 25.1. The molecule has 4 nitrogen and oxygen atoms in total. The number of aryl methyl sites for hydroxylation is 1. The topological polar surface area (TPSA) is 56.5 Å². The number of methoxy groups -OCH3 is 1. The highest BCUT2D eigenvalue weighted by molar-refractivity contribution is 5.37. The van der Waals surface area contributed by atoms with Gasteiger partial charge >= 0.3 is 0 Å². The van der Waals surface area contributed by atoms with Crippen LogP contribution < -0.4 is 16.0 Å². The van der Waals surface area contributed by atoms with Gasteiger partial charge in [0.05, 0.1) is 25.9 Å². The molecule has 2 rings (SSSR count). The average molecular weight is 250 g/mol. The predicted molar refractivity (Wildman–Crippen MR) is 71.3 cm³/mol. The number of rotatable bonds is 4. The summed E-state index contributed by atoms with van der Waals surface area (Å²) in [4.78, 5) is 0. The minimum atomic E-state index is 0.140. The molecule has 0 bridgehead atoms. The number of hydrogen-bond donors (Lipinski definition) is 2. The molecule has 0 aromatic heterocycles. The maximum absolute atomic E-state index is 5.73. The Morgan fingerprint density at radius 3 is 2.78 bits per heavy atom. The minimum absolute atomic E-state index is 0.140. The number of nitrogens with one attached hydrogen (secondary N) is 1. The molecule has 3 N–H and O–H groups in total. The van der Waals surface area contributed by atoms with Crippen LogP contribution in [0.2, 0.25) is 0 Å². The number of nitrogens with two attached hydrogens (primary N) is 1. The summed E-state index contributed by atoms with van der Waals surface area (Å²) in [6.07, 6.45) is 1.37. The van der Waals surface area contributed by atoms with Crippen LogP contribution in [0.15, 0.2) is 18.2 Å². The van der Waals surface area contributed by atoms with Crippen LogP contribution >= 0.6 is 0 Å². The molecule has 100 valence electrons. The number of benzene rings is 1. The molecule has 0 radical (unpaired) electrons. The summed E-state index contributed by atoms with van der Waals surface area (Å²) < 4.78 is 10.9. The van der Waals surface area contributed by atoms with Crippen molar-refractivity contribution < 1.29 is 9.47 Å². The molecular weight excluding hydrogens is 228 g/mol. The first-order valence-electron chi connectivity index (χ1n) is 6.38. The molecule has 1 fully saturated rings. The summed E-state index contributed by atoms with van der Waals surface area (Å²) in [5.41, 5.74) is 5.35. The summed E-state index contributed by atoms with van der Waals surface area (Å²) in [6.45, 7) is 4.96. The Balaban J connectivity index is 2.22. The minimum Gasteiger partial charge on any atom is -0.497 e. The first kappa shape index (κ1) is 13.3. The fraction of sp³-hybridized carbons (Fsp3) is 0.571. The lowest BCUT2D eigenvalue weighted by molar-refractivity contribution is 0.117. The van der Waals surface area contributed by atoms with Gasteiger partial charge < -0.3 is 9.47 Å². The summed E-state index contributed by atoms with van der Waals surface area (Å²) in [5, 5.41) is 0. The molecule has 1 aliphatic heterocycles. The maximum Gasteiger partial charge on any atom is 0.119 e. The first-order valence-corrected chi connectivity index (χ1v) is 6.38. The van der Waals surface area contributed by atoms with E-state index in [-0.39, 0.29) is 6.04 Å². The smallest absolute Gasteiger partial charge is 0.119 e. The monoisotopic (exact) mass is 250 g/mol. The number of ether oxygens (including phenoxy) is 2. The van der Waals surface area contributed by atoms with E-state index < -0.39 is 0 Å². The van der Waals surface area contributed by atoms with Crippen LogP contribution in [-0.4, -0.2) is 19.8 Å². The van der Waals surface area contributed by atoms with Crippen LogP contribution in [0.5, 0.6) is 5.75 Å². The second-order valence-electron chi connectivity index (χ2n) is 5.01. The van der Waals surface area contributed by atoms with Crippen LogP contribution in [0.25, 0.3) is 0 Å². The predicted octanol–water partition coefficient (Wildman–Crippen LogP) is 1.93. The van der Waals surface area contributed by atoms with Gasteiger partial charge in [0, 0.05) is 5.92 Å². The summed E-state index contributed by atoms with van der Waals surface area (Å²) in [6, 6.07) is 6.24. The van der Waals surface area contributed by atoms with Crippen molar-refractivity contribution in [3.05, 3.63) is 29.3 Å². The van der Waals surface area contributed by atoms with Gasteiger partial charge in [0.15, 0.2) is 0 Å². The summed E-state index contributed by atoms with van der Waals surface area (Å²) >= 11 is 0. The van der Waals surface area contributed by atoms with Crippen molar-refractivity contribution in [2.45, 2.75) is 32.4 Å². The zero-order chi connectivity index (χ0) is 13.1. The van der Waals surface area contributed by atoms with E-state index in [4.69, 9.17) is 15.3 Å². The van der Waals surface area contributed by atoms with Gasteiger partial charge in [-0.25, -0.2) is 0 Å². The van der Waals surface area contributed by atoms with Gasteiger partial charge in [-0.3, -0.25) is 11.3 Å². The largest absolute Gasteiger partial charge is 0.497 e. The second kappa shape index (κ2) is 5.69. The second-order valence-corrected chi connectivity index (χ2v) is 5.01. The molecule has 1 saturated heterocycles. The quantitative estimate of drug-likeness (QED) is 0.633. The molecule has 18 heavy (non-hydrogen) atoms. The van der Waals surface area contributed by atoms with Crippen molar-refractivity contribution in [1.29, 1.82) is 0 Å².